The molecule has 2 rings (SSSR count). The van der Waals surface area contributed by atoms with Crippen molar-refractivity contribution in [1.29, 1.82) is 0 Å². The Balaban J connectivity index is 1.89. The molecule has 0 aliphatic heterocycles. The summed E-state index contributed by atoms with van der Waals surface area (Å²) in [6.07, 6.45) is 0. The van der Waals surface area contributed by atoms with Crippen LogP contribution in [0.2, 0.25) is 0 Å². The highest BCUT2D eigenvalue weighted by Crippen LogP contribution is 2.17. The molecule has 0 atom stereocenters. The third-order valence-electron chi connectivity index (χ3n) is 2.00. The molecule has 2 aromatic rings. The van der Waals surface area contributed by atoms with Crippen molar-refractivity contribution in [2.45, 2.75) is 11.5 Å². The molecule has 0 bridgehead atoms. The number of H-pyrrole nitrogens is 2. The fourth-order valence-electron chi connectivity index (χ4n) is 1.25. The predicted molar refractivity (Wildman–Crippen MR) is 60.6 cm³/mol. The maximum absolute atomic E-state index is 13.2. The lowest BCUT2D eigenvalue weighted by atomic mass is 10.2. The van der Waals surface area contributed by atoms with Gasteiger partial charge in [0.05, 0.1) is 5.75 Å². The van der Waals surface area contributed by atoms with Crippen molar-refractivity contribution in [3.8, 4) is 0 Å². The van der Waals surface area contributed by atoms with Gasteiger partial charge in [0.1, 0.15) is 11.6 Å². The van der Waals surface area contributed by atoms with E-state index in [-0.39, 0.29) is 11.5 Å². The van der Waals surface area contributed by atoms with Crippen LogP contribution in [0, 0.1) is 5.82 Å². The van der Waals surface area contributed by atoms with Gasteiger partial charge in [0.25, 0.3) is 0 Å². The summed E-state index contributed by atoms with van der Waals surface area (Å²) in [6, 6.07) is 6.64. The van der Waals surface area contributed by atoms with E-state index >= 15 is 0 Å². The molecular formula is C10H10FN3OS. The SMILES string of the molecule is O=c1[nH]nc(CSCc2ccccc2F)[nH]1. The Labute approximate surface area is 95.3 Å². The molecule has 1 aromatic heterocycles. The summed E-state index contributed by atoms with van der Waals surface area (Å²) in [5.74, 6) is 1.48. The molecule has 0 aliphatic carbocycles. The van der Waals surface area contributed by atoms with Gasteiger partial charge in [-0.15, -0.1) is 11.8 Å². The maximum atomic E-state index is 13.2. The van der Waals surface area contributed by atoms with Gasteiger partial charge in [0.15, 0.2) is 0 Å². The number of hydrogen-bond donors (Lipinski definition) is 2. The van der Waals surface area contributed by atoms with Crippen molar-refractivity contribution in [3.05, 3.63) is 52.0 Å². The number of aromatic amines is 2. The average molecular weight is 239 g/mol. The van der Waals surface area contributed by atoms with E-state index in [9.17, 15) is 9.18 Å². The number of rotatable bonds is 4. The number of aromatic nitrogens is 3. The molecule has 2 N–H and O–H groups in total. The van der Waals surface area contributed by atoms with Crippen molar-refractivity contribution in [2.75, 3.05) is 0 Å². The largest absolute Gasteiger partial charge is 0.340 e. The fourth-order valence-corrected chi connectivity index (χ4v) is 2.13. The Morgan fingerprint density at radius 3 is 2.81 bits per heavy atom. The monoisotopic (exact) mass is 239 g/mol. The van der Waals surface area contributed by atoms with E-state index < -0.39 is 0 Å². The maximum Gasteiger partial charge on any atom is 0.340 e. The molecule has 0 unspecified atom stereocenters. The second-order valence-electron chi connectivity index (χ2n) is 3.21. The molecule has 1 aromatic carbocycles. The highest BCUT2D eigenvalue weighted by atomic mass is 32.2. The molecular weight excluding hydrogens is 229 g/mol. The van der Waals surface area contributed by atoms with Crippen molar-refractivity contribution < 1.29 is 4.39 Å². The zero-order valence-corrected chi connectivity index (χ0v) is 9.18. The van der Waals surface area contributed by atoms with Crippen molar-refractivity contribution in [1.82, 2.24) is 15.2 Å². The van der Waals surface area contributed by atoms with Crippen molar-refractivity contribution in [2.24, 2.45) is 0 Å². The Bertz CT molecular complexity index is 523. The van der Waals surface area contributed by atoms with Gasteiger partial charge in [-0.1, -0.05) is 18.2 Å². The molecule has 0 saturated carbocycles. The summed E-state index contributed by atoms with van der Waals surface area (Å²) in [6.45, 7) is 0. The van der Waals surface area contributed by atoms with Gasteiger partial charge in [-0.3, -0.25) is 4.98 Å². The normalized spacial score (nSPS) is 10.6. The number of nitrogens with zero attached hydrogens (tertiary/aromatic N) is 1. The molecule has 0 amide bonds. The first kappa shape index (κ1) is 10.9. The first-order valence-electron chi connectivity index (χ1n) is 4.70. The van der Waals surface area contributed by atoms with Crippen LogP contribution in [-0.4, -0.2) is 15.2 Å². The Kier molecular flexibility index (Phi) is 3.40. The molecule has 4 nitrogen and oxygen atoms in total. The van der Waals surface area contributed by atoms with Gasteiger partial charge in [0, 0.05) is 5.75 Å². The van der Waals surface area contributed by atoms with E-state index in [1.807, 2.05) is 0 Å². The Hall–Kier alpha value is -1.56. The molecule has 0 fully saturated rings. The topological polar surface area (TPSA) is 61.5 Å². The first-order valence-corrected chi connectivity index (χ1v) is 5.86. The molecule has 16 heavy (non-hydrogen) atoms. The van der Waals surface area contributed by atoms with Gasteiger partial charge >= 0.3 is 5.69 Å². The predicted octanol–water partition coefficient (Wildman–Crippen LogP) is 1.67. The number of thioether (sulfide) groups is 1. The smallest absolute Gasteiger partial charge is 0.292 e. The van der Waals surface area contributed by atoms with Crippen LogP contribution in [0.1, 0.15) is 11.4 Å². The number of benzene rings is 1. The second kappa shape index (κ2) is 4.98. The molecule has 0 aliphatic rings. The lowest BCUT2D eigenvalue weighted by Crippen LogP contribution is -2.00. The van der Waals surface area contributed by atoms with Gasteiger partial charge in [-0.2, -0.15) is 5.10 Å². The zero-order valence-electron chi connectivity index (χ0n) is 8.37. The van der Waals surface area contributed by atoms with E-state index in [4.69, 9.17) is 0 Å². The zero-order chi connectivity index (χ0) is 11.4. The summed E-state index contributed by atoms with van der Waals surface area (Å²) in [5.41, 5.74) is 0.340. The standard InChI is InChI=1S/C10H10FN3OS/c11-8-4-2-1-3-7(8)5-16-6-9-12-10(15)14-13-9/h1-4H,5-6H2,(H2,12,13,14,15). The third kappa shape index (κ3) is 2.73. The van der Waals surface area contributed by atoms with Crippen LogP contribution in [0.3, 0.4) is 0 Å². The van der Waals surface area contributed by atoms with E-state index in [1.54, 1.807) is 18.2 Å². The second-order valence-corrected chi connectivity index (χ2v) is 4.19. The van der Waals surface area contributed by atoms with E-state index in [1.165, 1.54) is 17.8 Å². The van der Waals surface area contributed by atoms with Crippen LogP contribution >= 0.6 is 11.8 Å². The molecule has 0 radical (unpaired) electrons. The summed E-state index contributed by atoms with van der Waals surface area (Å²) >= 11 is 1.49. The molecule has 0 spiro atoms. The summed E-state index contributed by atoms with van der Waals surface area (Å²) in [7, 11) is 0. The third-order valence-corrected chi connectivity index (χ3v) is 3.00. The number of hydrogen-bond acceptors (Lipinski definition) is 3. The van der Waals surface area contributed by atoms with E-state index in [0.29, 0.717) is 22.9 Å². The van der Waals surface area contributed by atoms with Gasteiger partial charge in [0.2, 0.25) is 0 Å². The highest BCUT2D eigenvalue weighted by Gasteiger charge is 2.02. The number of halogens is 1. The Morgan fingerprint density at radius 1 is 1.31 bits per heavy atom. The minimum Gasteiger partial charge on any atom is -0.292 e. The first-order chi connectivity index (χ1) is 7.75. The Morgan fingerprint density at radius 2 is 2.12 bits per heavy atom. The van der Waals surface area contributed by atoms with E-state index in [0.717, 1.165) is 0 Å². The lowest BCUT2D eigenvalue weighted by Gasteiger charge is -2.01. The van der Waals surface area contributed by atoms with E-state index in [2.05, 4.69) is 15.2 Å². The lowest BCUT2D eigenvalue weighted by molar-refractivity contribution is 0.617. The molecule has 84 valence electrons. The summed E-state index contributed by atoms with van der Waals surface area (Å²) in [4.78, 5) is 13.3. The average Bonchev–Trinajstić information content (AvgIpc) is 2.67. The summed E-state index contributed by atoms with van der Waals surface area (Å²) in [5, 5.41) is 6.04. The number of nitrogens with one attached hydrogen (secondary N) is 2. The van der Waals surface area contributed by atoms with Crippen LogP contribution in [0.15, 0.2) is 29.1 Å². The summed E-state index contributed by atoms with van der Waals surface area (Å²) < 4.78 is 13.2. The van der Waals surface area contributed by atoms with Crippen LogP contribution in [0.5, 0.6) is 0 Å². The van der Waals surface area contributed by atoms with Crippen LogP contribution in [0.25, 0.3) is 0 Å². The van der Waals surface area contributed by atoms with Crippen molar-refractivity contribution in [3.63, 3.8) is 0 Å². The van der Waals surface area contributed by atoms with Gasteiger partial charge in [-0.05, 0) is 11.6 Å². The van der Waals surface area contributed by atoms with Crippen LogP contribution in [0.4, 0.5) is 4.39 Å². The molecule has 0 saturated heterocycles. The fraction of sp³-hybridized carbons (Fsp3) is 0.200. The van der Waals surface area contributed by atoms with Gasteiger partial charge < -0.3 is 0 Å². The minimum absolute atomic E-state index is 0.203. The molecule has 6 heteroatoms. The quantitative estimate of drug-likeness (QED) is 0.853. The van der Waals surface area contributed by atoms with Crippen molar-refractivity contribution >= 4 is 11.8 Å². The van der Waals surface area contributed by atoms with Gasteiger partial charge in [-0.25, -0.2) is 14.3 Å². The highest BCUT2D eigenvalue weighted by molar-refractivity contribution is 7.97. The van der Waals surface area contributed by atoms with Crippen LogP contribution in [-0.2, 0) is 11.5 Å². The molecule has 1 heterocycles. The van der Waals surface area contributed by atoms with Crippen LogP contribution < -0.4 is 5.69 Å². The minimum atomic E-state index is -0.318.